The molecule has 0 fully saturated rings. The lowest BCUT2D eigenvalue weighted by Crippen LogP contribution is -2.23. The topological polar surface area (TPSA) is 50.4 Å². The van der Waals surface area contributed by atoms with Gasteiger partial charge in [-0.05, 0) is 102 Å². The molecule has 0 atom stereocenters. The maximum Gasteiger partial charge on any atom is 0.329 e. The third-order valence-electron chi connectivity index (χ3n) is 5.31. The summed E-state index contributed by atoms with van der Waals surface area (Å²) in [6.07, 6.45) is 8.76. The van der Waals surface area contributed by atoms with E-state index in [0.717, 1.165) is 42.7 Å². The van der Waals surface area contributed by atoms with Crippen LogP contribution in [-0.2, 0) is 25.7 Å². The molecule has 2 N–H and O–H groups in total. The van der Waals surface area contributed by atoms with Crippen molar-refractivity contribution in [3.05, 3.63) is 63.6 Å². The molecule has 0 saturated heterocycles. The zero-order valence-electron chi connectivity index (χ0n) is 15.5. The fourth-order valence-electron chi connectivity index (χ4n) is 4.02. The molecule has 27 heavy (non-hydrogen) atoms. The molecule has 0 aromatic heterocycles. The van der Waals surface area contributed by atoms with Gasteiger partial charge in [-0.25, -0.2) is 4.79 Å². The van der Waals surface area contributed by atoms with Crippen LogP contribution in [0.15, 0.2) is 35.7 Å². The molecule has 0 saturated carbocycles. The molecule has 2 aliphatic carbocycles. The van der Waals surface area contributed by atoms with Crippen molar-refractivity contribution in [2.75, 3.05) is 12.4 Å². The summed E-state index contributed by atoms with van der Waals surface area (Å²) in [7, 11) is 1.65. The largest absolute Gasteiger partial charge is 0.497 e. The Bertz CT molecular complexity index is 843. The number of anilines is 1. The minimum Gasteiger partial charge on any atom is -0.497 e. The molecule has 2 aliphatic rings. The van der Waals surface area contributed by atoms with Gasteiger partial charge in [0.1, 0.15) is 5.75 Å². The number of rotatable bonds is 5. The molecule has 4 rings (SSSR count). The summed E-state index contributed by atoms with van der Waals surface area (Å²) >= 11 is 1.28. The molecule has 140 valence electrons. The van der Waals surface area contributed by atoms with Crippen LogP contribution < -0.4 is 14.8 Å². The van der Waals surface area contributed by atoms with Gasteiger partial charge in [0.15, 0.2) is 0 Å². The SMILES string of the molecule is COc1ccc(/C=C/SNC(=O)Nc2c3c(cc4c2CCC4)CCC3)cc1. The normalized spacial score (nSPS) is 14.9. The number of hydrogen-bond donors (Lipinski definition) is 2. The first-order valence-corrected chi connectivity index (χ1v) is 10.3. The lowest BCUT2D eigenvalue weighted by Gasteiger charge is -2.16. The van der Waals surface area contributed by atoms with Crippen molar-refractivity contribution in [3.8, 4) is 5.75 Å². The van der Waals surface area contributed by atoms with Crippen LogP contribution in [0.4, 0.5) is 10.5 Å². The van der Waals surface area contributed by atoms with Crippen LogP contribution in [0, 0.1) is 0 Å². The van der Waals surface area contributed by atoms with E-state index in [4.69, 9.17) is 4.74 Å². The Morgan fingerprint density at radius 1 is 1.04 bits per heavy atom. The smallest absolute Gasteiger partial charge is 0.329 e. The van der Waals surface area contributed by atoms with Crippen molar-refractivity contribution in [1.82, 2.24) is 4.72 Å². The number of aryl methyl sites for hydroxylation is 2. The van der Waals surface area contributed by atoms with Crippen LogP contribution >= 0.6 is 11.9 Å². The van der Waals surface area contributed by atoms with Crippen molar-refractivity contribution < 1.29 is 9.53 Å². The summed E-state index contributed by atoms with van der Waals surface area (Å²) < 4.78 is 8.01. The third-order valence-corrected chi connectivity index (χ3v) is 5.88. The summed E-state index contributed by atoms with van der Waals surface area (Å²) in [5, 5.41) is 5.01. The molecule has 2 amide bonds. The second-order valence-corrected chi connectivity index (χ2v) is 7.70. The van der Waals surface area contributed by atoms with Gasteiger partial charge in [0.25, 0.3) is 0 Å². The lowest BCUT2D eigenvalue weighted by molar-refractivity contribution is 0.257. The van der Waals surface area contributed by atoms with Gasteiger partial charge >= 0.3 is 6.03 Å². The first kappa shape index (κ1) is 18.0. The summed E-state index contributed by atoms with van der Waals surface area (Å²) in [6, 6.07) is 10.0. The minimum atomic E-state index is -0.159. The molecule has 0 heterocycles. The number of nitrogens with one attached hydrogen (secondary N) is 2. The molecule has 5 heteroatoms. The molecule has 2 aromatic carbocycles. The highest BCUT2D eigenvalue weighted by atomic mass is 32.2. The quantitative estimate of drug-likeness (QED) is 0.709. The molecule has 2 aromatic rings. The summed E-state index contributed by atoms with van der Waals surface area (Å²) in [5.41, 5.74) is 7.70. The minimum absolute atomic E-state index is 0.159. The van der Waals surface area contributed by atoms with Crippen LogP contribution in [0.25, 0.3) is 6.08 Å². The Balaban J connectivity index is 1.37. The second-order valence-electron chi connectivity index (χ2n) is 6.98. The maximum absolute atomic E-state index is 12.4. The van der Waals surface area contributed by atoms with Gasteiger partial charge in [-0.3, -0.25) is 4.72 Å². The fraction of sp³-hybridized carbons (Fsp3) is 0.318. The van der Waals surface area contributed by atoms with Gasteiger partial charge in [-0.15, -0.1) is 0 Å². The number of fused-ring (bicyclic) bond motifs is 2. The van der Waals surface area contributed by atoms with E-state index in [1.807, 2.05) is 35.7 Å². The number of carbonyl (C=O) groups is 1. The highest BCUT2D eigenvalue weighted by Crippen LogP contribution is 2.38. The van der Waals surface area contributed by atoms with Gasteiger partial charge in [0, 0.05) is 5.69 Å². The molecule has 0 aliphatic heterocycles. The van der Waals surface area contributed by atoms with Gasteiger partial charge in [-0.2, -0.15) is 0 Å². The lowest BCUT2D eigenvalue weighted by atomic mass is 9.99. The monoisotopic (exact) mass is 380 g/mol. The third kappa shape index (κ3) is 3.98. The zero-order valence-corrected chi connectivity index (χ0v) is 16.3. The standard InChI is InChI=1S/C22H24N2O2S/c1-26-18-10-8-15(9-11-18)12-13-27-24-22(25)23-21-19-6-2-4-16(19)14-17-5-3-7-20(17)21/h8-14H,2-7H2,1H3,(H2,23,24,25)/b13-12+. The average molecular weight is 381 g/mol. The number of carbonyl (C=O) groups excluding carboxylic acids is 1. The van der Waals surface area contributed by atoms with Crippen molar-refractivity contribution in [1.29, 1.82) is 0 Å². The van der Waals surface area contributed by atoms with E-state index < -0.39 is 0 Å². The van der Waals surface area contributed by atoms with Gasteiger partial charge in [-0.1, -0.05) is 18.2 Å². The van der Waals surface area contributed by atoms with Crippen LogP contribution in [0.5, 0.6) is 5.75 Å². The first-order valence-electron chi connectivity index (χ1n) is 9.44. The van der Waals surface area contributed by atoms with E-state index in [1.165, 1.54) is 47.0 Å². The highest BCUT2D eigenvalue weighted by Gasteiger charge is 2.24. The molecular formula is C22H24N2O2S. The van der Waals surface area contributed by atoms with Crippen LogP contribution in [0.1, 0.15) is 40.7 Å². The average Bonchev–Trinajstić information content (AvgIpc) is 3.34. The van der Waals surface area contributed by atoms with Crippen LogP contribution in [0.3, 0.4) is 0 Å². The molecular weight excluding hydrogens is 356 g/mol. The van der Waals surface area contributed by atoms with E-state index in [-0.39, 0.29) is 6.03 Å². The zero-order chi connectivity index (χ0) is 18.6. The Hall–Kier alpha value is -2.40. The van der Waals surface area contributed by atoms with Gasteiger partial charge in [0.05, 0.1) is 7.11 Å². The Labute approximate surface area is 164 Å². The number of urea groups is 1. The summed E-state index contributed by atoms with van der Waals surface area (Å²) in [6.45, 7) is 0. The Kier molecular flexibility index (Phi) is 5.39. The first-order chi connectivity index (χ1) is 13.2. The van der Waals surface area contributed by atoms with Crippen molar-refractivity contribution in [3.63, 3.8) is 0 Å². The number of amides is 2. The molecule has 0 bridgehead atoms. The number of ether oxygens (including phenoxy) is 1. The van der Waals surface area contributed by atoms with E-state index in [2.05, 4.69) is 16.1 Å². The van der Waals surface area contributed by atoms with E-state index in [9.17, 15) is 4.79 Å². The molecule has 0 radical (unpaired) electrons. The number of methoxy groups -OCH3 is 1. The summed E-state index contributed by atoms with van der Waals surface area (Å²) in [4.78, 5) is 12.4. The van der Waals surface area contributed by atoms with E-state index in [1.54, 1.807) is 7.11 Å². The predicted octanol–water partition coefficient (Wildman–Crippen LogP) is 5.11. The van der Waals surface area contributed by atoms with Gasteiger partial charge < -0.3 is 10.1 Å². The van der Waals surface area contributed by atoms with Crippen LogP contribution in [0.2, 0.25) is 0 Å². The van der Waals surface area contributed by atoms with Crippen LogP contribution in [-0.4, -0.2) is 13.1 Å². The van der Waals surface area contributed by atoms with E-state index in [0.29, 0.717) is 0 Å². The van der Waals surface area contributed by atoms with E-state index >= 15 is 0 Å². The molecule has 4 nitrogen and oxygen atoms in total. The van der Waals surface area contributed by atoms with Crippen molar-refractivity contribution in [2.45, 2.75) is 38.5 Å². The fourth-order valence-corrected chi connectivity index (χ4v) is 4.47. The van der Waals surface area contributed by atoms with Gasteiger partial charge in [0.2, 0.25) is 0 Å². The highest BCUT2D eigenvalue weighted by molar-refractivity contribution is 8.00. The Morgan fingerprint density at radius 2 is 1.70 bits per heavy atom. The van der Waals surface area contributed by atoms with Crippen molar-refractivity contribution >= 4 is 29.7 Å². The number of benzene rings is 2. The predicted molar refractivity (Wildman–Crippen MR) is 112 cm³/mol. The Morgan fingerprint density at radius 3 is 2.33 bits per heavy atom. The maximum atomic E-state index is 12.4. The molecule has 0 unspecified atom stereocenters. The summed E-state index contributed by atoms with van der Waals surface area (Å²) in [5.74, 6) is 0.834. The number of hydrogen-bond acceptors (Lipinski definition) is 3. The molecule has 0 spiro atoms. The second kappa shape index (κ2) is 8.09. The van der Waals surface area contributed by atoms with Crippen molar-refractivity contribution in [2.24, 2.45) is 0 Å².